The lowest BCUT2D eigenvalue weighted by molar-refractivity contribution is -0.155. The number of hydrogen-bond donors (Lipinski definition) is 2. The molecule has 206 valence electrons. The Morgan fingerprint density at radius 1 is 1.11 bits per heavy atom. The Labute approximate surface area is 223 Å². The molecule has 2 aliphatic rings. The van der Waals surface area contributed by atoms with Crippen LogP contribution in [0.5, 0.6) is 0 Å². The monoisotopic (exact) mass is 525 g/mol. The van der Waals surface area contributed by atoms with E-state index in [4.69, 9.17) is 9.84 Å². The number of likely N-dealkylation sites (tertiary alicyclic amines) is 1. The van der Waals surface area contributed by atoms with Gasteiger partial charge in [0.25, 0.3) is 0 Å². The molecule has 0 spiro atoms. The number of esters is 1. The van der Waals surface area contributed by atoms with Gasteiger partial charge in [0, 0.05) is 19.1 Å². The van der Waals surface area contributed by atoms with Gasteiger partial charge in [0.05, 0.1) is 24.0 Å². The van der Waals surface area contributed by atoms with Crippen molar-refractivity contribution in [2.24, 2.45) is 23.7 Å². The molecule has 0 bridgehead atoms. The Bertz CT molecular complexity index is 1150. The molecule has 2 N–H and O–H groups in total. The number of aliphatic hydroxyl groups excluding tert-OH is 1. The van der Waals surface area contributed by atoms with E-state index >= 15 is 0 Å². The van der Waals surface area contributed by atoms with E-state index in [1.165, 1.54) is 0 Å². The van der Waals surface area contributed by atoms with E-state index in [9.17, 15) is 14.4 Å². The van der Waals surface area contributed by atoms with Gasteiger partial charge in [-0.15, -0.1) is 5.10 Å². The number of benzene rings is 1. The van der Waals surface area contributed by atoms with Crippen molar-refractivity contribution in [2.75, 3.05) is 19.8 Å². The number of para-hydroxylation sites is 1. The molecule has 1 aliphatic carbocycles. The standard InChI is InChI=1S/C28H39N5O5/c1-3-11-19-14-15-20-24(23(19)28(37)38-4-2)27(36)32(16-9-5-6-10-17-34)25(20)26(35)29-18-33-22-13-8-7-12-21(22)30-31-33/h7-8,12-15,19-20,23-25,34H,3-6,9-11,16-18H2,1-2H3,(H,29,35)/t19-,20+,23-,24-,25+/m1/s1. The highest BCUT2D eigenvalue weighted by molar-refractivity contribution is 5.96. The Hall–Kier alpha value is -3.27. The number of carbonyl (C=O) groups is 3. The van der Waals surface area contributed by atoms with Crippen LogP contribution in [0.4, 0.5) is 0 Å². The van der Waals surface area contributed by atoms with Crippen LogP contribution in [0.2, 0.25) is 0 Å². The number of nitrogens with one attached hydrogen (secondary N) is 1. The van der Waals surface area contributed by atoms with Gasteiger partial charge in [-0.25, -0.2) is 4.68 Å². The summed E-state index contributed by atoms with van der Waals surface area (Å²) in [6.45, 7) is 4.75. The molecule has 2 amide bonds. The minimum Gasteiger partial charge on any atom is -0.466 e. The summed E-state index contributed by atoms with van der Waals surface area (Å²) in [6, 6.07) is 6.78. The Balaban J connectivity index is 1.58. The topological polar surface area (TPSA) is 127 Å². The minimum absolute atomic E-state index is 0.0982. The average Bonchev–Trinajstić information content (AvgIpc) is 3.46. The van der Waals surface area contributed by atoms with Crippen LogP contribution in [0.15, 0.2) is 36.4 Å². The molecule has 1 aromatic heterocycles. The zero-order chi connectivity index (χ0) is 27.1. The van der Waals surface area contributed by atoms with Gasteiger partial charge in [0.2, 0.25) is 11.8 Å². The summed E-state index contributed by atoms with van der Waals surface area (Å²) >= 11 is 0. The number of amides is 2. The molecule has 1 saturated heterocycles. The number of fused-ring (bicyclic) bond motifs is 2. The number of hydrogen-bond acceptors (Lipinski definition) is 7. The molecular weight excluding hydrogens is 486 g/mol. The lowest BCUT2D eigenvalue weighted by atomic mass is 9.69. The molecule has 0 unspecified atom stereocenters. The number of allylic oxidation sites excluding steroid dienone is 1. The predicted octanol–water partition coefficient (Wildman–Crippen LogP) is 2.67. The van der Waals surface area contributed by atoms with Gasteiger partial charge < -0.3 is 20.1 Å². The van der Waals surface area contributed by atoms with Crippen LogP contribution in [0.3, 0.4) is 0 Å². The maximum absolute atomic E-state index is 13.9. The summed E-state index contributed by atoms with van der Waals surface area (Å²) < 4.78 is 7.04. The highest BCUT2D eigenvalue weighted by Crippen LogP contribution is 2.45. The molecule has 0 radical (unpaired) electrons. The third-order valence-corrected chi connectivity index (χ3v) is 7.69. The van der Waals surface area contributed by atoms with Crippen LogP contribution in [-0.4, -0.2) is 68.6 Å². The number of aliphatic hydroxyl groups is 1. The third-order valence-electron chi connectivity index (χ3n) is 7.69. The molecule has 10 heteroatoms. The number of aromatic nitrogens is 3. The average molecular weight is 526 g/mol. The first-order chi connectivity index (χ1) is 18.5. The van der Waals surface area contributed by atoms with Gasteiger partial charge >= 0.3 is 5.97 Å². The molecule has 2 heterocycles. The van der Waals surface area contributed by atoms with Crippen molar-refractivity contribution in [3.63, 3.8) is 0 Å². The van der Waals surface area contributed by atoms with Gasteiger partial charge in [0.15, 0.2) is 0 Å². The summed E-state index contributed by atoms with van der Waals surface area (Å²) in [5, 5.41) is 20.3. The normalized spacial score (nSPS) is 24.6. The second-order valence-corrected chi connectivity index (χ2v) is 10.1. The molecule has 0 saturated carbocycles. The van der Waals surface area contributed by atoms with Crippen molar-refractivity contribution in [3.8, 4) is 0 Å². The van der Waals surface area contributed by atoms with Crippen LogP contribution >= 0.6 is 0 Å². The molecular formula is C28H39N5O5. The summed E-state index contributed by atoms with van der Waals surface area (Å²) in [5.74, 6) is -2.55. The van der Waals surface area contributed by atoms with Gasteiger partial charge in [-0.1, -0.05) is 55.7 Å². The van der Waals surface area contributed by atoms with Crippen molar-refractivity contribution in [3.05, 3.63) is 36.4 Å². The Kier molecular flexibility index (Phi) is 9.49. The van der Waals surface area contributed by atoms with E-state index < -0.39 is 23.8 Å². The van der Waals surface area contributed by atoms with Gasteiger partial charge in [-0.05, 0) is 44.2 Å². The number of rotatable bonds is 13. The lowest BCUT2D eigenvalue weighted by Crippen LogP contribution is -2.48. The van der Waals surface area contributed by atoms with Crippen LogP contribution in [0, 0.1) is 23.7 Å². The largest absolute Gasteiger partial charge is 0.466 e. The van der Waals surface area contributed by atoms with E-state index in [0.717, 1.165) is 43.1 Å². The van der Waals surface area contributed by atoms with E-state index in [1.807, 2.05) is 36.4 Å². The number of ether oxygens (including phenoxy) is 1. The first kappa shape index (κ1) is 27.8. The Morgan fingerprint density at radius 3 is 2.66 bits per heavy atom. The Morgan fingerprint density at radius 2 is 1.89 bits per heavy atom. The summed E-state index contributed by atoms with van der Waals surface area (Å²) in [4.78, 5) is 42.4. The number of unbranched alkanes of at least 4 members (excludes halogenated alkanes) is 3. The summed E-state index contributed by atoms with van der Waals surface area (Å²) in [6.07, 6.45) is 8.75. The second kappa shape index (κ2) is 13.0. The smallest absolute Gasteiger partial charge is 0.310 e. The molecule has 5 atom stereocenters. The fourth-order valence-corrected chi connectivity index (χ4v) is 5.95. The molecule has 1 aromatic carbocycles. The van der Waals surface area contributed by atoms with Gasteiger partial charge in [0.1, 0.15) is 18.2 Å². The quantitative estimate of drug-likeness (QED) is 0.234. The van der Waals surface area contributed by atoms with Crippen molar-refractivity contribution in [1.29, 1.82) is 0 Å². The number of nitrogens with zero attached hydrogens (tertiary/aromatic N) is 4. The molecule has 1 fully saturated rings. The van der Waals surface area contributed by atoms with Gasteiger partial charge in [-0.3, -0.25) is 14.4 Å². The lowest BCUT2D eigenvalue weighted by Gasteiger charge is -2.33. The van der Waals surface area contributed by atoms with Crippen molar-refractivity contribution >= 4 is 28.8 Å². The van der Waals surface area contributed by atoms with E-state index in [-0.39, 0.29) is 43.6 Å². The van der Waals surface area contributed by atoms with E-state index in [0.29, 0.717) is 13.0 Å². The minimum atomic E-state index is -0.726. The third kappa shape index (κ3) is 5.75. The summed E-state index contributed by atoms with van der Waals surface area (Å²) in [5.41, 5.74) is 1.54. The fourth-order valence-electron chi connectivity index (χ4n) is 5.95. The van der Waals surface area contributed by atoms with Crippen LogP contribution in [0.25, 0.3) is 11.0 Å². The number of carbonyl (C=O) groups excluding carboxylic acids is 3. The van der Waals surface area contributed by atoms with Crippen LogP contribution < -0.4 is 5.32 Å². The first-order valence-electron chi connectivity index (χ1n) is 13.8. The van der Waals surface area contributed by atoms with Crippen molar-refractivity contribution < 1.29 is 24.2 Å². The molecule has 38 heavy (non-hydrogen) atoms. The fraction of sp³-hybridized carbons (Fsp3) is 0.607. The SMILES string of the molecule is CCC[C@@H]1C=C[C@H]2[C@@H](C(=O)N(CCCCCCO)[C@@H]2C(=O)NCn2nnc3ccccc32)[C@@H]1C(=O)OCC. The van der Waals surface area contributed by atoms with Crippen molar-refractivity contribution in [1.82, 2.24) is 25.2 Å². The van der Waals surface area contributed by atoms with E-state index in [1.54, 1.807) is 16.5 Å². The zero-order valence-corrected chi connectivity index (χ0v) is 22.3. The van der Waals surface area contributed by atoms with Crippen LogP contribution in [0.1, 0.15) is 52.4 Å². The van der Waals surface area contributed by atoms with E-state index in [2.05, 4.69) is 22.6 Å². The first-order valence-corrected chi connectivity index (χ1v) is 13.8. The van der Waals surface area contributed by atoms with Gasteiger partial charge in [-0.2, -0.15) is 0 Å². The summed E-state index contributed by atoms with van der Waals surface area (Å²) in [7, 11) is 0. The zero-order valence-electron chi connectivity index (χ0n) is 22.3. The van der Waals surface area contributed by atoms with Crippen molar-refractivity contribution in [2.45, 2.75) is 65.1 Å². The molecule has 2 aromatic rings. The van der Waals surface area contributed by atoms with Crippen LogP contribution in [-0.2, 0) is 25.8 Å². The molecule has 4 rings (SSSR count). The highest BCUT2D eigenvalue weighted by Gasteiger charge is 2.57. The highest BCUT2D eigenvalue weighted by atomic mass is 16.5. The molecule has 10 nitrogen and oxygen atoms in total. The molecule has 1 aliphatic heterocycles. The second-order valence-electron chi connectivity index (χ2n) is 10.1. The maximum atomic E-state index is 13.9. The predicted molar refractivity (Wildman–Crippen MR) is 141 cm³/mol. The maximum Gasteiger partial charge on any atom is 0.310 e.